The first-order valence-corrected chi connectivity index (χ1v) is 13.8. The van der Waals surface area contributed by atoms with Gasteiger partial charge in [-0.1, -0.05) is 30.3 Å². The minimum absolute atomic E-state index is 0.00564. The van der Waals surface area contributed by atoms with Gasteiger partial charge in [0.2, 0.25) is 5.91 Å². The molecule has 0 aliphatic heterocycles. The van der Waals surface area contributed by atoms with Crippen LogP contribution in [0, 0.1) is 5.82 Å². The van der Waals surface area contributed by atoms with E-state index in [4.69, 9.17) is 0 Å². The molecule has 2 amide bonds. The lowest BCUT2D eigenvalue weighted by Crippen LogP contribution is -2.30. The number of nitrogens with zero attached hydrogens (tertiary/aromatic N) is 4. The number of hydrogen-bond donors (Lipinski definition) is 2. The van der Waals surface area contributed by atoms with Gasteiger partial charge in [-0.05, 0) is 18.2 Å². The van der Waals surface area contributed by atoms with Crippen LogP contribution < -0.4 is 10.6 Å². The third kappa shape index (κ3) is 7.30. The highest BCUT2D eigenvalue weighted by Gasteiger charge is 2.36. The van der Waals surface area contributed by atoms with E-state index in [2.05, 4.69) is 25.7 Å². The molecule has 41 heavy (non-hydrogen) atoms. The summed E-state index contributed by atoms with van der Waals surface area (Å²) < 4.78 is 79.9. The molecule has 2 aromatic heterocycles. The predicted octanol–water partition coefficient (Wildman–Crippen LogP) is 3.62. The van der Waals surface area contributed by atoms with E-state index in [1.807, 2.05) is 0 Å². The van der Waals surface area contributed by atoms with Gasteiger partial charge in [-0.2, -0.15) is 18.3 Å². The summed E-state index contributed by atoms with van der Waals surface area (Å²) in [6.07, 6.45) is -1.41. The standard InChI is InChI=1S/C26H22F4N6O4S/c1-36-9-8-20(35-36)16-10-17(19(27)11-18(16)26(28,29)30)25(38)33-21-12-31-22(13-32-23(37)14-41(2,39)40)34-24(21)15-6-4-3-5-7-15/h3-12H,13-14H2,1-2H3,(H,32,37)(H,33,38). The molecule has 2 aromatic carbocycles. The topological polar surface area (TPSA) is 136 Å². The molecule has 0 saturated heterocycles. The molecule has 2 heterocycles. The van der Waals surface area contributed by atoms with Crippen molar-refractivity contribution in [3.63, 3.8) is 0 Å². The Hall–Kier alpha value is -4.66. The Morgan fingerprint density at radius 1 is 1.07 bits per heavy atom. The maximum Gasteiger partial charge on any atom is 0.417 e. The van der Waals surface area contributed by atoms with Crippen LogP contribution >= 0.6 is 0 Å². The highest BCUT2D eigenvalue weighted by atomic mass is 32.2. The van der Waals surface area contributed by atoms with Gasteiger partial charge >= 0.3 is 6.18 Å². The largest absolute Gasteiger partial charge is 0.417 e. The third-order valence-corrected chi connectivity index (χ3v) is 6.40. The second-order valence-electron chi connectivity index (χ2n) is 8.97. The number of sulfone groups is 1. The third-order valence-electron chi connectivity index (χ3n) is 5.62. The van der Waals surface area contributed by atoms with Crippen LogP contribution in [0.1, 0.15) is 21.7 Å². The fourth-order valence-corrected chi connectivity index (χ4v) is 4.40. The molecule has 0 aliphatic rings. The molecule has 10 nitrogen and oxygen atoms in total. The number of amides is 2. The number of benzene rings is 2. The van der Waals surface area contributed by atoms with Crippen LogP contribution in [0.5, 0.6) is 0 Å². The van der Waals surface area contributed by atoms with E-state index < -0.39 is 56.1 Å². The molecule has 0 radical (unpaired) electrons. The number of anilines is 1. The smallest absolute Gasteiger partial charge is 0.348 e. The second kappa shape index (κ2) is 11.4. The molecule has 4 aromatic rings. The van der Waals surface area contributed by atoms with Gasteiger partial charge in [0, 0.05) is 30.6 Å². The summed E-state index contributed by atoms with van der Waals surface area (Å²) in [4.78, 5) is 33.5. The Balaban J connectivity index is 1.69. The van der Waals surface area contributed by atoms with Crippen molar-refractivity contribution in [3.8, 4) is 22.5 Å². The fourth-order valence-electron chi connectivity index (χ4n) is 3.82. The number of rotatable bonds is 8. The van der Waals surface area contributed by atoms with Gasteiger partial charge in [-0.25, -0.2) is 22.8 Å². The summed E-state index contributed by atoms with van der Waals surface area (Å²) in [5, 5.41) is 8.80. The van der Waals surface area contributed by atoms with E-state index in [-0.39, 0.29) is 35.5 Å². The minimum Gasteiger partial charge on any atom is -0.348 e. The van der Waals surface area contributed by atoms with Crippen molar-refractivity contribution in [1.82, 2.24) is 25.1 Å². The number of hydrogen-bond acceptors (Lipinski definition) is 7. The van der Waals surface area contributed by atoms with Gasteiger partial charge in [0.05, 0.1) is 40.9 Å². The van der Waals surface area contributed by atoms with E-state index in [0.717, 1.165) is 12.3 Å². The molecule has 0 aliphatic carbocycles. The van der Waals surface area contributed by atoms with Crippen LogP contribution in [-0.4, -0.2) is 52.0 Å². The van der Waals surface area contributed by atoms with Crippen molar-refractivity contribution in [2.75, 3.05) is 17.3 Å². The summed E-state index contributed by atoms with van der Waals surface area (Å²) >= 11 is 0. The van der Waals surface area contributed by atoms with Crippen molar-refractivity contribution in [2.24, 2.45) is 7.05 Å². The SMILES string of the molecule is Cn1ccc(-c2cc(C(=O)Nc3cnc(CNC(=O)CS(C)(=O)=O)nc3-c3ccccc3)c(F)cc2C(F)(F)F)n1. The Bertz CT molecular complexity index is 1720. The van der Waals surface area contributed by atoms with Crippen LogP contribution in [0.15, 0.2) is 60.9 Å². The van der Waals surface area contributed by atoms with Gasteiger partial charge in [0.15, 0.2) is 9.84 Å². The first-order chi connectivity index (χ1) is 19.2. The molecule has 0 bridgehead atoms. The lowest BCUT2D eigenvalue weighted by molar-refractivity contribution is -0.137. The van der Waals surface area contributed by atoms with Gasteiger partial charge in [0.1, 0.15) is 17.4 Å². The van der Waals surface area contributed by atoms with Crippen LogP contribution in [0.25, 0.3) is 22.5 Å². The molecule has 214 valence electrons. The summed E-state index contributed by atoms with van der Waals surface area (Å²) in [6, 6.07) is 10.7. The van der Waals surface area contributed by atoms with Crippen molar-refractivity contribution in [2.45, 2.75) is 12.7 Å². The van der Waals surface area contributed by atoms with E-state index in [1.165, 1.54) is 30.2 Å². The Morgan fingerprint density at radius 3 is 2.39 bits per heavy atom. The maximum absolute atomic E-state index is 14.9. The van der Waals surface area contributed by atoms with Crippen LogP contribution in [0.3, 0.4) is 0 Å². The number of carbonyl (C=O) groups excluding carboxylic acids is 2. The van der Waals surface area contributed by atoms with Crippen molar-refractivity contribution >= 4 is 27.3 Å². The minimum atomic E-state index is -4.91. The number of carbonyl (C=O) groups is 2. The molecule has 0 saturated carbocycles. The zero-order chi connectivity index (χ0) is 29.9. The first-order valence-electron chi connectivity index (χ1n) is 11.8. The van der Waals surface area contributed by atoms with E-state index in [0.29, 0.717) is 5.56 Å². The molecule has 0 atom stereocenters. The molecule has 4 rings (SSSR count). The maximum atomic E-state index is 14.9. The molecule has 0 unspecified atom stereocenters. The number of aromatic nitrogens is 4. The van der Waals surface area contributed by atoms with Crippen LogP contribution in [0.4, 0.5) is 23.2 Å². The Kier molecular flexibility index (Phi) is 8.19. The van der Waals surface area contributed by atoms with E-state index in [9.17, 15) is 35.6 Å². The highest BCUT2D eigenvalue weighted by molar-refractivity contribution is 7.91. The Labute approximate surface area is 231 Å². The quantitative estimate of drug-likeness (QED) is 0.299. The number of alkyl halides is 3. The van der Waals surface area contributed by atoms with Crippen molar-refractivity contribution < 1.29 is 35.6 Å². The lowest BCUT2D eigenvalue weighted by Gasteiger charge is -2.15. The summed E-state index contributed by atoms with van der Waals surface area (Å²) in [5.41, 5.74) is -1.88. The molecule has 15 heteroatoms. The number of halogens is 4. The predicted molar refractivity (Wildman–Crippen MR) is 141 cm³/mol. The molecule has 0 fully saturated rings. The lowest BCUT2D eigenvalue weighted by atomic mass is 9.99. The average molecular weight is 591 g/mol. The van der Waals surface area contributed by atoms with Crippen LogP contribution in [-0.2, 0) is 34.4 Å². The second-order valence-corrected chi connectivity index (χ2v) is 11.1. The zero-order valence-corrected chi connectivity index (χ0v) is 22.3. The monoisotopic (exact) mass is 590 g/mol. The van der Waals surface area contributed by atoms with Crippen molar-refractivity contribution in [3.05, 3.63) is 83.7 Å². The number of aryl methyl sites for hydroxylation is 1. The summed E-state index contributed by atoms with van der Waals surface area (Å²) in [7, 11) is -2.06. The normalized spacial score (nSPS) is 11.8. The summed E-state index contributed by atoms with van der Waals surface area (Å²) in [6.45, 7) is -0.233. The molecular weight excluding hydrogens is 568 g/mol. The first kappa shape index (κ1) is 29.3. The fraction of sp³-hybridized carbons (Fsp3) is 0.192. The average Bonchev–Trinajstić information content (AvgIpc) is 3.32. The van der Waals surface area contributed by atoms with E-state index in [1.54, 1.807) is 30.3 Å². The van der Waals surface area contributed by atoms with Gasteiger partial charge < -0.3 is 10.6 Å². The molecular formula is C26H22F4N6O4S. The van der Waals surface area contributed by atoms with Gasteiger partial charge in [-0.3, -0.25) is 14.3 Å². The molecule has 0 spiro atoms. The Morgan fingerprint density at radius 2 is 1.78 bits per heavy atom. The summed E-state index contributed by atoms with van der Waals surface area (Å²) in [5.74, 6) is -3.89. The van der Waals surface area contributed by atoms with Crippen molar-refractivity contribution in [1.29, 1.82) is 0 Å². The van der Waals surface area contributed by atoms with Crippen LogP contribution in [0.2, 0.25) is 0 Å². The zero-order valence-electron chi connectivity index (χ0n) is 21.5. The highest BCUT2D eigenvalue weighted by Crippen LogP contribution is 2.38. The van der Waals surface area contributed by atoms with Gasteiger partial charge in [0.25, 0.3) is 5.91 Å². The molecule has 2 N–H and O–H groups in total. The van der Waals surface area contributed by atoms with Gasteiger partial charge in [-0.15, -0.1) is 0 Å². The van der Waals surface area contributed by atoms with E-state index >= 15 is 0 Å². The number of nitrogens with one attached hydrogen (secondary N) is 2.